The lowest BCUT2D eigenvalue weighted by molar-refractivity contribution is -0.126. The van der Waals surface area contributed by atoms with Gasteiger partial charge in [0.05, 0.1) is 17.7 Å². The van der Waals surface area contributed by atoms with Crippen molar-refractivity contribution < 1.29 is 17.9 Å². The van der Waals surface area contributed by atoms with Gasteiger partial charge in [-0.2, -0.15) is 9.41 Å². The first-order chi connectivity index (χ1) is 15.4. The molecule has 2 aromatic rings. The number of ether oxygens (including phenoxy) is 1. The third-order valence-corrected chi connectivity index (χ3v) is 7.41. The molecule has 3 rings (SSSR count). The molecule has 1 aliphatic rings. The quantitative estimate of drug-likeness (QED) is 0.421. The first kappa shape index (κ1) is 24.2. The number of carbonyl (C=O) groups is 1. The van der Waals surface area contributed by atoms with Crippen LogP contribution in [0.1, 0.15) is 25.3 Å². The van der Waals surface area contributed by atoms with Crippen LogP contribution in [0.25, 0.3) is 6.08 Å². The number of hydrogen-bond donors (Lipinski definition) is 1. The Morgan fingerprint density at radius 1 is 1.16 bits per heavy atom. The van der Waals surface area contributed by atoms with E-state index in [1.165, 1.54) is 10.5 Å². The molecule has 0 bridgehead atoms. The number of carbonyl (C=O) groups excluding carboxylic acids is 1. The summed E-state index contributed by atoms with van der Waals surface area (Å²) in [5.74, 6) is 0.141. The maximum absolute atomic E-state index is 12.9. The number of hydrogen-bond acceptors (Lipinski definition) is 5. The normalized spacial score (nSPS) is 16.2. The second-order valence-electron chi connectivity index (χ2n) is 7.26. The van der Waals surface area contributed by atoms with Crippen molar-refractivity contribution in [2.75, 3.05) is 19.7 Å². The van der Waals surface area contributed by atoms with Crippen LogP contribution in [0.2, 0.25) is 0 Å². The van der Waals surface area contributed by atoms with Crippen LogP contribution in [0.4, 0.5) is 0 Å². The molecule has 0 aliphatic carbocycles. The van der Waals surface area contributed by atoms with Gasteiger partial charge in [0.25, 0.3) is 0 Å². The minimum absolute atomic E-state index is 0.209. The lowest BCUT2D eigenvalue weighted by Gasteiger charge is -2.30. The van der Waals surface area contributed by atoms with Crippen molar-refractivity contribution in [2.24, 2.45) is 11.0 Å². The minimum Gasteiger partial charge on any atom is -0.494 e. The average Bonchev–Trinajstić information content (AvgIpc) is 2.80. The zero-order valence-corrected chi connectivity index (χ0v) is 20.2. The Bertz CT molecular complexity index is 1060. The van der Waals surface area contributed by atoms with Crippen molar-refractivity contribution in [3.8, 4) is 5.75 Å². The van der Waals surface area contributed by atoms with Gasteiger partial charge in [-0.1, -0.05) is 30.3 Å². The van der Waals surface area contributed by atoms with Gasteiger partial charge in [0.1, 0.15) is 5.75 Å². The van der Waals surface area contributed by atoms with E-state index in [-0.39, 0.29) is 29.8 Å². The molecule has 7 nitrogen and oxygen atoms in total. The summed E-state index contributed by atoms with van der Waals surface area (Å²) in [7, 11) is -3.60. The van der Waals surface area contributed by atoms with Gasteiger partial charge in [-0.05, 0) is 71.6 Å². The van der Waals surface area contributed by atoms with Gasteiger partial charge in [-0.25, -0.2) is 13.8 Å². The fourth-order valence-electron chi connectivity index (χ4n) is 3.38. The van der Waals surface area contributed by atoms with Crippen molar-refractivity contribution in [1.82, 2.24) is 9.73 Å². The molecular weight excluding hydrogens is 494 g/mol. The number of halogens is 1. The highest BCUT2D eigenvalue weighted by Gasteiger charge is 2.32. The van der Waals surface area contributed by atoms with Gasteiger partial charge in [-0.3, -0.25) is 4.79 Å². The number of amides is 1. The largest absolute Gasteiger partial charge is 0.494 e. The number of piperidine rings is 1. The van der Waals surface area contributed by atoms with Crippen LogP contribution in [0.3, 0.4) is 0 Å². The van der Waals surface area contributed by atoms with Crippen molar-refractivity contribution in [1.29, 1.82) is 0 Å². The van der Waals surface area contributed by atoms with E-state index in [2.05, 4.69) is 26.5 Å². The molecule has 0 unspecified atom stereocenters. The lowest BCUT2D eigenvalue weighted by Crippen LogP contribution is -2.42. The van der Waals surface area contributed by atoms with Gasteiger partial charge < -0.3 is 4.74 Å². The number of rotatable bonds is 8. The Balaban J connectivity index is 1.51. The van der Waals surface area contributed by atoms with E-state index in [1.807, 2.05) is 43.3 Å². The minimum atomic E-state index is -3.60. The van der Waals surface area contributed by atoms with Gasteiger partial charge in [0, 0.05) is 23.5 Å². The molecule has 0 spiro atoms. The number of nitrogens with zero attached hydrogens (tertiary/aromatic N) is 2. The topological polar surface area (TPSA) is 88.1 Å². The van der Waals surface area contributed by atoms with Crippen LogP contribution >= 0.6 is 15.9 Å². The van der Waals surface area contributed by atoms with Crippen LogP contribution in [0, 0.1) is 5.92 Å². The number of benzene rings is 2. The number of hydrazone groups is 1. The van der Waals surface area contributed by atoms with Crippen molar-refractivity contribution in [2.45, 2.75) is 24.7 Å². The van der Waals surface area contributed by atoms with Crippen molar-refractivity contribution in [3.05, 3.63) is 64.6 Å². The fraction of sp³-hybridized carbons (Fsp3) is 0.304. The summed E-state index contributed by atoms with van der Waals surface area (Å²) in [5, 5.41) is 4.00. The Labute approximate surface area is 197 Å². The molecule has 1 fully saturated rings. The molecule has 0 radical (unpaired) electrons. The third kappa shape index (κ3) is 6.51. The summed E-state index contributed by atoms with van der Waals surface area (Å²) in [6, 6.07) is 16.1. The van der Waals surface area contributed by atoms with Crippen LogP contribution < -0.4 is 10.2 Å². The summed E-state index contributed by atoms with van der Waals surface area (Å²) in [4.78, 5) is 12.6. The van der Waals surface area contributed by atoms with Gasteiger partial charge in [0.2, 0.25) is 15.9 Å². The zero-order valence-electron chi connectivity index (χ0n) is 17.8. The van der Waals surface area contributed by atoms with E-state index < -0.39 is 10.0 Å². The molecule has 1 N–H and O–H groups in total. The zero-order chi connectivity index (χ0) is 23.0. The average molecular weight is 520 g/mol. The number of nitrogens with one attached hydrogen (secondary N) is 1. The predicted octanol–water partition coefficient (Wildman–Crippen LogP) is 4.02. The lowest BCUT2D eigenvalue weighted by atomic mass is 9.98. The van der Waals surface area contributed by atoms with Crippen LogP contribution in [0.5, 0.6) is 5.75 Å². The highest BCUT2D eigenvalue weighted by molar-refractivity contribution is 9.12. The maximum atomic E-state index is 12.9. The molecule has 1 heterocycles. The van der Waals surface area contributed by atoms with Gasteiger partial charge in [0.15, 0.2) is 0 Å². The van der Waals surface area contributed by atoms with Crippen molar-refractivity contribution >= 4 is 44.2 Å². The predicted molar refractivity (Wildman–Crippen MR) is 129 cm³/mol. The number of allylic oxidation sites excluding steroid dienone is 1. The standard InChI is InChI=1S/C23H26BrN3O4S/c1-2-31-21-8-10-22(11-9-21)32(29,30)27-14-12-19(13-15-27)23(28)26-25-17-20(24)16-18-6-4-3-5-7-18/h3-11,16-17,19H,2,12-15H2,1H3,(H,26,28)/b20-16?,25-17+. The fourth-order valence-corrected chi connectivity index (χ4v) is 5.21. The summed E-state index contributed by atoms with van der Waals surface area (Å²) in [6.07, 6.45) is 4.30. The molecule has 1 saturated heterocycles. The van der Waals surface area contributed by atoms with E-state index >= 15 is 0 Å². The maximum Gasteiger partial charge on any atom is 0.243 e. The van der Waals surface area contributed by atoms with E-state index in [4.69, 9.17) is 4.74 Å². The van der Waals surface area contributed by atoms with Crippen molar-refractivity contribution in [3.63, 3.8) is 0 Å². The first-order valence-corrected chi connectivity index (χ1v) is 12.6. The molecule has 9 heteroatoms. The van der Waals surface area contributed by atoms with E-state index in [9.17, 15) is 13.2 Å². The first-order valence-electron chi connectivity index (χ1n) is 10.4. The molecular formula is C23H26BrN3O4S. The van der Waals surface area contributed by atoms with Crippen LogP contribution in [-0.4, -0.2) is 44.5 Å². The second kappa shape index (κ2) is 11.4. The molecule has 0 saturated carbocycles. The van der Waals surface area contributed by atoms with E-state index in [1.54, 1.807) is 24.3 Å². The molecule has 2 aromatic carbocycles. The third-order valence-electron chi connectivity index (χ3n) is 5.06. The number of sulfonamides is 1. The highest BCUT2D eigenvalue weighted by Crippen LogP contribution is 2.25. The van der Waals surface area contributed by atoms with Gasteiger partial charge >= 0.3 is 0 Å². The summed E-state index contributed by atoms with van der Waals surface area (Å²) in [6.45, 7) is 2.96. The SMILES string of the molecule is CCOc1ccc(S(=O)(=O)N2CCC(C(=O)N/N=C/C(Br)=Cc3ccccc3)CC2)cc1. The monoisotopic (exact) mass is 519 g/mol. The molecule has 1 aliphatic heterocycles. The van der Waals surface area contributed by atoms with Crippen LogP contribution in [-0.2, 0) is 14.8 Å². The molecule has 170 valence electrons. The van der Waals surface area contributed by atoms with Gasteiger partial charge in [-0.15, -0.1) is 0 Å². The summed E-state index contributed by atoms with van der Waals surface area (Å²) < 4.78 is 33.3. The molecule has 1 amide bonds. The Hall–Kier alpha value is -2.49. The second-order valence-corrected chi connectivity index (χ2v) is 10.1. The Morgan fingerprint density at radius 3 is 2.44 bits per heavy atom. The molecule has 32 heavy (non-hydrogen) atoms. The molecule has 0 aromatic heterocycles. The summed E-state index contributed by atoms with van der Waals surface area (Å²) in [5.41, 5.74) is 3.56. The smallest absolute Gasteiger partial charge is 0.243 e. The van der Waals surface area contributed by atoms with Crippen LogP contribution in [0.15, 0.2) is 69.1 Å². The summed E-state index contributed by atoms with van der Waals surface area (Å²) >= 11 is 3.40. The molecule has 0 atom stereocenters. The Kier molecular flexibility index (Phi) is 8.60. The van der Waals surface area contributed by atoms with E-state index in [0.717, 1.165) is 10.0 Å². The highest BCUT2D eigenvalue weighted by atomic mass is 79.9. The van der Waals surface area contributed by atoms with E-state index in [0.29, 0.717) is 25.2 Å². The Morgan fingerprint density at radius 2 is 1.81 bits per heavy atom.